The third kappa shape index (κ3) is 3.04. The summed E-state index contributed by atoms with van der Waals surface area (Å²) in [5, 5.41) is 0.329. The lowest BCUT2D eigenvalue weighted by Gasteiger charge is -2.06. The second-order valence-electron chi connectivity index (χ2n) is 4.06. The second kappa shape index (κ2) is 5.97. The average molecular weight is 364 g/mol. The van der Waals surface area contributed by atoms with Crippen LogP contribution in [0.15, 0.2) is 34.8 Å². The van der Waals surface area contributed by atoms with Gasteiger partial charge in [-0.3, -0.25) is 4.79 Å². The number of halogens is 5. The fourth-order valence-electron chi connectivity index (χ4n) is 1.67. The van der Waals surface area contributed by atoms with E-state index in [9.17, 15) is 18.0 Å². The van der Waals surface area contributed by atoms with Crippen molar-refractivity contribution in [2.75, 3.05) is 0 Å². The summed E-state index contributed by atoms with van der Waals surface area (Å²) in [6.45, 7) is 0. The molecule has 0 aliphatic heterocycles. The molecule has 2 rings (SSSR count). The van der Waals surface area contributed by atoms with Crippen molar-refractivity contribution >= 4 is 33.3 Å². The maximum absolute atomic E-state index is 13.5. The Labute approximate surface area is 126 Å². The molecule has 104 valence electrons. The zero-order valence-corrected chi connectivity index (χ0v) is 12.2. The van der Waals surface area contributed by atoms with E-state index in [1.807, 2.05) is 0 Å². The Morgan fingerprint density at radius 1 is 1.10 bits per heavy atom. The minimum atomic E-state index is -1.65. The monoisotopic (exact) mass is 362 g/mol. The molecule has 0 atom stereocenters. The first-order chi connectivity index (χ1) is 9.40. The zero-order valence-electron chi connectivity index (χ0n) is 9.89. The van der Waals surface area contributed by atoms with Gasteiger partial charge in [0.05, 0.1) is 5.56 Å². The zero-order chi connectivity index (χ0) is 14.9. The Bertz CT molecular complexity index is 688. The van der Waals surface area contributed by atoms with Gasteiger partial charge in [-0.1, -0.05) is 33.6 Å². The van der Waals surface area contributed by atoms with Gasteiger partial charge in [0.1, 0.15) is 0 Å². The smallest absolute Gasteiger partial charge is 0.195 e. The van der Waals surface area contributed by atoms with E-state index in [1.54, 1.807) is 18.2 Å². The third-order valence-electron chi connectivity index (χ3n) is 2.70. The normalized spacial score (nSPS) is 10.7. The van der Waals surface area contributed by atoms with Crippen LogP contribution in [-0.2, 0) is 6.42 Å². The molecule has 20 heavy (non-hydrogen) atoms. The predicted molar refractivity (Wildman–Crippen MR) is 73.5 cm³/mol. The van der Waals surface area contributed by atoms with Gasteiger partial charge in [0.15, 0.2) is 23.2 Å². The maximum atomic E-state index is 13.5. The molecule has 0 saturated carbocycles. The van der Waals surface area contributed by atoms with E-state index >= 15 is 0 Å². The van der Waals surface area contributed by atoms with Gasteiger partial charge in [0, 0.05) is 15.9 Å². The van der Waals surface area contributed by atoms with Gasteiger partial charge in [0.2, 0.25) is 0 Å². The summed E-state index contributed by atoms with van der Waals surface area (Å²) in [7, 11) is 0. The van der Waals surface area contributed by atoms with Gasteiger partial charge in [-0.15, -0.1) is 0 Å². The summed E-state index contributed by atoms with van der Waals surface area (Å²) >= 11 is 9.16. The van der Waals surface area contributed by atoms with E-state index in [-0.39, 0.29) is 6.42 Å². The van der Waals surface area contributed by atoms with Gasteiger partial charge in [-0.25, -0.2) is 13.2 Å². The molecule has 0 aliphatic carbocycles. The Kier molecular flexibility index (Phi) is 4.50. The molecule has 0 aromatic heterocycles. The molecule has 2 aromatic rings. The molecule has 0 N–H and O–H groups in total. The number of hydrogen-bond acceptors (Lipinski definition) is 1. The van der Waals surface area contributed by atoms with Crippen LogP contribution in [0.3, 0.4) is 0 Å². The Hall–Kier alpha value is -1.33. The number of carbonyl (C=O) groups excluding carboxylic acids is 1. The van der Waals surface area contributed by atoms with Crippen LogP contribution in [0.2, 0.25) is 5.02 Å². The van der Waals surface area contributed by atoms with Crippen molar-refractivity contribution in [1.82, 2.24) is 0 Å². The predicted octanol–water partition coefficient (Wildman–Crippen LogP) is 4.95. The lowest BCUT2D eigenvalue weighted by atomic mass is 10.0. The highest BCUT2D eigenvalue weighted by Crippen LogP contribution is 2.24. The number of carbonyl (C=O) groups is 1. The van der Waals surface area contributed by atoms with Crippen LogP contribution in [0, 0.1) is 17.5 Å². The van der Waals surface area contributed by atoms with E-state index in [0.717, 1.165) is 16.6 Å². The average Bonchev–Trinajstić information content (AvgIpc) is 2.39. The molecular weight excluding hydrogens is 357 g/mol. The van der Waals surface area contributed by atoms with E-state index in [1.165, 1.54) is 0 Å². The van der Waals surface area contributed by atoms with Crippen LogP contribution in [0.5, 0.6) is 0 Å². The Morgan fingerprint density at radius 2 is 1.80 bits per heavy atom. The molecule has 0 unspecified atom stereocenters. The molecule has 2 aromatic carbocycles. The van der Waals surface area contributed by atoms with Crippen LogP contribution in [0.1, 0.15) is 15.9 Å². The van der Waals surface area contributed by atoms with Crippen molar-refractivity contribution in [3.63, 3.8) is 0 Å². The summed E-state index contributed by atoms with van der Waals surface area (Å²) in [4.78, 5) is 11.9. The summed E-state index contributed by atoms with van der Waals surface area (Å²) in [5.41, 5.74) is -0.0214. The first kappa shape index (κ1) is 15.1. The topological polar surface area (TPSA) is 17.1 Å². The van der Waals surface area contributed by atoms with E-state index in [0.29, 0.717) is 10.6 Å². The van der Waals surface area contributed by atoms with Crippen molar-refractivity contribution in [2.45, 2.75) is 6.42 Å². The van der Waals surface area contributed by atoms with Crippen molar-refractivity contribution < 1.29 is 18.0 Å². The van der Waals surface area contributed by atoms with E-state index in [2.05, 4.69) is 15.9 Å². The van der Waals surface area contributed by atoms with Crippen molar-refractivity contribution in [3.8, 4) is 0 Å². The van der Waals surface area contributed by atoms with Crippen LogP contribution in [-0.4, -0.2) is 5.78 Å². The fraction of sp³-hybridized carbons (Fsp3) is 0.0714. The first-order valence-electron chi connectivity index (χ1n) is 5.50. The number of Topliss-reactive ketones (excluding diaryl/α,β-unsaturated/α-hetero) is 1. The molecule has 0 spiro atoms. The first-order valence-corrected chi connectivity index (χ1v) is 6.68. The highest BCUT2D eigenvalue weighted by Gasteiger charge is 2.19. The summed E-state index contributed by atoms with van der Waals surface area (Å²) in [6.07, 6.45) is -0.200. The van der Waals surface area contributed by atoms with E-state index in [4.69, 9.17) is 11.6 Å². The Balaban J connectivity index is 2.31. The molecule has 0 radical (unpaired) electrons. The van der Waals surface area contributed by atoms with Crippen LogP contribution < -0.4 is 0 Å². The molecule has 0 saturated heterocycles. The number of hydrogen-bond donors (Lipinski definition) is 0. The SMILES string of the molecule is O=C(Cc1ccc(Br)cc1Cl)c1ccc(F)c(F)c1F. The van der Waals surface area contributed by atoms with Gasteiger partial charge in [0.25, 0.3) is 0 Å². The highest BCUT2D eigenvalue weighted by atomic mass is 79.9. The molecular formula is C14H7BrClF3O. The molecule has 0 heterocycles. The van der Waals surface area contributed by atoms with Gasteiger partial charge in [-0.2, -0.15) is 0 Å². The summed E-state index contributed by atoms with van der Waals surface area (Å²) in [5.74, 6) is -5.15. The largest absolute Gasteiger partial charge is 0.294 e. The number of ketones is 1. The maximum Gasteiger partial charge on any atom is 0.195 e. The van der Waals surface area contributed by atoms with E-state index < -0.39 is 28.8 Å². The molecule has 0 bridgehead atoms. The number of rotatable bonds is 3. The quantitative estimate of drug-likeness (QED) is 0.557. The molecule has 0 amide bonds. The molecule has 1 nitrogen and oxygen atoms in total. The van der Waals surface area contributed by atoms with Gasteiger partial charge >= 0.3 is 0 Å². The minimum absolute atomic E-state index is 0.200. The van der Waals surface area contributed by atoms with Crippen LogP contribution in [0.25, 0.3) is 0 Å². The molecule has 0 aliphatic rings. The Morgan fingerprint density at radius 3 is 2.45 bits per heavy atom. The van der Waals surface area contributed by atoms with Crippen LogP contribution in [0.4, 0.5) is 13.2 Å². The van der Waals surface area contributed by atoms with Gasteiger partial charge in [-0.05, 0) is 29.8 Å². The second-order valence-corrected chi connectivity index (χ2v) is 5.38. The lowest BCUT2D eigenvalue weighted by Crippen LogP contribution is -2.09. The van der Waals surface area contributed by atoms with Crippen molar-refractivity contribution in [3.05, 3.63) is 68.4 Å². The highest BCUT2D eigenvalue weighted by molar-refractivity contribution is 9.10. The lowest BCUT2D eigenvalue weighted by molar-refractivity contribution is 0.0988. The molecule has 0 fully saturated rings. The number of benzene rings is 2. The fourth-order valence-corrected chi connectivity index (χ4v) is 2.41. The minimum Gasteiger partial charge on any atom is -0.294 e. The van der Waals surface area contributed by atoms with Gasteiger partial charge < -0.3 is 0 Å². The molecule has 6 heteroatoms. The van der Waals surface area contributed by atoms with Crippen molar-refractivity contribution in [2.24, 2.45) is 0 Å². The van der Waals surface area contributed by atoms with Crippen LogP contribution >= 0.6 is 27.5 Å². The van der Waals surface area contributed by atoms with Crippen molar-refractivity contribution in [1.29, 1.82) is 0 Å². The third-order valence-corrected chi connectivity index (χ3v) is 3.55. The standard InChI is InChI=1S/C14H7BrClF3O/c15-8-2-1-7(10(16)6-8)5-12(20)9-3-4-11(17)14(19)13(9)18/h1-4,6H,5H2. The summed E-state index contributed by atoms with van der Waals surface area (Å²) in [6, 6.07) is 6.50. The summed E-state index contributed by atoms with van der Waals surface area (Å²) < 4.78 is 40.1.